The summed E-state index contributed by atoms with van der Waals surface area (Å²) in [6, 6.07) is 2.38. The first-order valence-corrected chi connectivity index (χ1v) is 8.54. The molecule has 1 aliphatic rings. The van der Waals surface area contributed by atoms with Crippen LogP contribution in [0.15, 0.2) is 12.1 Å². The van der Waals surface area contributed by atoms with E-state index in [0.717, 1.165) is 12.3 Å². The fraction of sp³-hybridized carbons (Fsp3) is 0.538. The van der Waals surface area contributed by atoms with E-state index >= 15 is 0 Å². The number of halogens is 2. The van der Waals surface area contributed by atoms with E-state index < -0.39 is 45.7 Å². The molecule has 5 nitrogen and oxygen atoms in total. The molecule has 0 aromatic heterocycles. The van der Waals surface area contributed by atoms with E-state index in [1.807, 2.05) is 4.72 Å². The zero-order valence-corrected chi connectivity index (χ0v) is 13.8. The summed E-state index contributed by atoms with van der Waals surface area (Å²) in [5.74, 6) is -2.50. The molecule has 2 rings (SSSR count). The lowest BCUT2D eigenvalue weighted by Crippen LogP contribution is -2.41. The Kier molecular flexibility index (Phi) is 4.04. The van der Waals surface area contributed by atoms with Gasteiger partial charge in [-0.1, -0.05) is 6.07 Å². The van der Waals surface area contributed by atoms with Gasteiger partial charge >= 0.3 is 7.12 Å². The second kappa shape index (κ2) is 5.18. The van der Waals surface area contributed by atoms with Crippen LogP contribution in [-0.2, 0) is 19.3 Å². The van der Waals surface area contributed by atoms with Crippen LogP contribution in [0.1, 0.15) is 27.7 Å². The highest BCUT2D eigenvalue weighted by Crippen LogP contribution is 2.36. The van der Waals surface area contributed by atoms with Gasteiger partial charge in [-0.25, -0.2) is 17.2 Å². The minimum absolute atomic E-state index is 0.116. The number of benzene rings is 1. The zero-order chi connectivity index (χ0) is 16.9. The molecule has 0 amide bonds. The molecule has 0 aliphatic carbocycles. The lowest BCUT2D eigenvalue weighted by molar-refractivity contribution is 0.00578. The molecule has 0 radical (unpaired) electrons. The third kappa shape index (κ3) is 3.11. The molecule has 0 saturated carbocycles. The van der Waals surface area contributed by atoms with Crippen molar-refractivity contribution in [3.8, 4) is 0 Å². The minimum atomic E-state index is -3.70. The Bertz CT molecular complexity index is 690. The fourth-order valence-corrected chi connectivity index (χ4v) is 2.55. The van der Waals surface area contributed by atoms with Gasteiger partial charge in [0.2, 0.25) is 10.0 Å². The molecule has 1 aromatic rings. The maximum absolute atomic E-state index is 14.2. The van der Waals surface area contributed by atoms with Crippen LogP contribution in [0.4, 0.5) is 14.5 Å². The van der Waals surface area contributed by atoms with Crippen molar-refractivity contribution < 1.29 is 26.5 Å². The van der Waals surface area contributed by atoms with E-state index in [2.05, 4.69) is 0 Å². The fourth-order valence-electron chi connectivity index (χ4n) is 2.00. The van der Waals surface area contributed by atoms with E-state index in [0.29, 0.717) is 0 Å². The summed E-state index contributed by atoms with van der Waals surface area (Å²) in [5, 5.41) is 0. The van der Waals surface area contributed by atoms with Crippen molar-refractivity contribution >= 4 is 28.3 Å². The molecule has 1 saturated heterocycles. The highest BCUT2D eigenvalue weighted by molar-refractivity contribution is 7.92. The SMILES string of the molecule is CC1(C)OB(c2ccc(NS(C)(=O)=O)c(F)c2F)OC1(C)C. The Morgan fingerprint density at radius 1 is 1.05 bits per heavy atom. The van der Waals surface area contributed by atoms with Crippen molar-refractivity contribution in [1.82, 2.24) is 0 Å². The smallest absolute Gasteiger partial charge is 0.399 e. The van der Waals surface area contributed by atoms with E-state index in [-0.39, 0.29) is 5.46 Å². The molecule has 0 bridgehead atoms. The van der Waals surface area contributed by atoms with Gasteiger partial charge in [0.1, 0.15) is 0 Å². The highest BCUT2D eigenvalue weighted by atomic mass is 32.2. The van der Waals surface area contributed by atoms with Crippen molar-refractivity contribution in [1.29, 1.82) is 0 Å². The molecule has 22 heavy (non-hydrogen) atoms. The van der Waals surface area contributed by atoms with Crippen LogP contribution in [0.25, 0.3) is 0 Å². The van der Waals surface area contributed by atoms with E-state index in [9.17, 15) is 17.2 Å². The van der Waals surface area contributed by atoms with Gasteiger partial charge in [0, 0.05) is 5.46 Å². The van der Waals surface area contributed by atoms with Crippen molar-refractivity contribution in [2.45, 2.75) is 38.9 Å². The van der Waals surface area contributed by atoms with Gasteiger partial charge in [0.05, 0.1) is 23.1 Å². The van der Waals surface area contributed by atoms with Gasteiger partial charge in [0.15, 0.2) is 11.6 Å². The topological polar surface area (TPSA) is 64.6 Å². The Balaban J connectivity index is 2.38. The Labute approximate surface area is 129 Å². The van der Waals surface area contributed by atoms with Gasteiger partial charge in [-0.3, -0.25) is 4.72 Å². The summed E-state index contributed by atoms with van der Waals surface area (Å²) in [6.45, 7) is 7.17. The molecular formula is C13H18BF2NO4S. The van der Waals surface area contributed by atoms with Crippen LogP contribution >= 0.6 is 0 Å². The number of rotatable bonds is 3. The summed E-state index contributed by atoms with van der Waals surface area (Å²) >= 11 is 0. The van der Waals surface area contributed by atoms with Crippen LogP contribution in [0, 0.1) is 11.6 Å². The van der Waals surface area contributed by atoms with Crippen LogP contribution in [0.3, 0.4) is 0 Å². The van der Waals surface area contributed by atoms with Crippen LogP contribution in [0.5, 0.6) is 0 Å². The maximum Gasteiger partial charge on any atom is 0.497 e. The van der Waals surface area contributed by atoms with E-state index in [1.54, 1.807) is 27.7 Å². The van der Waals surface area contributed by atoms with Crippen molar-refractivity contribution in [3.63, 3.8) is 0 Å². The minimum Gasteiger partial charge on any atom is -0.399 e. The number of sulfonamides is 1. The normalized spacial score (nSPS) is 20.2. The average molecular weight is 333 g/mol. The molecule has 1 aromatic carbocycles. The summed E-state index contributed by atoms with van der Waals surface area (Å²) in [7, 11) is -4.77. The number of hydrogen-bond acceptors (Lipinski definition) is 4. The summed E-state index contributed by atoms with van der Waals surface area (Å²) < 4.78 is 63.7. The van der Waals surface area contributed by atoms with Crippen molar-refractivity contribution in [2.24, 2.45) is 0 Å². The largest absolute Gasteiger partial charge is 0.497 e. The lowest BCUT2D eigenvalue weighted by atomic mass is 9.78. The molecule has 0 spiro atoms. The van der Waals surface area contributed by atoms with E-state index in [4.69, 9.17) is 9.31 Å². The van der Waals surface area contributed by atoms with Gasteiger partial charge in [-0.05, 0) is 33.8 Å². The third-order valence-electron chi connectivity index (χ3n) is 3.91. The quantitative estimate of drug-likeness (QED) is 0.854. The summed E-state index contributed by atoms with van der Waals surface area (Å²) in [4.78, 5) is 0. The van der Waals surface area contributed by atoms with Gasteiger partial charge < -0.3 is 9.31 Å². The van der Waals surface area contributed by atoms with Gasteiger partial charge in [-0.2, -0.15) is 0 Å². The molecule has 1 N–H and O–H groups in total. The molecule has 0 atom stereocenters. The monoisotopic (exact) mass is 333 g/mol. The first-order chi connectivity index (χ1) is 9.84. The molecular weight excluding hydrogens is 315 g/mol. The second-order valence-electron chi connectivity index (χ2n) is 6.29. The predicted octanol–water partition coefficient (Wildman–Crippen LogP) is 1.64. The van der Waals surface area contributed by atoms with Crippen molar-refractivity contribution in [3.05, 3.63) is 23.8 Å². The number of nitrogens with one attached hydrogen (secondary N) is 1. The van der Waals surface area contributed by atoms with Gasteiger partial charge in [-0.15, -0.1) is 0 Å². The summed E-state index contributed by atoms with van der Waals surface area (Å²) in [5.41, 5.74) is -1.95. The van der Waals surface area contributed by atoms with Crippen LogP contribution in [-0.4, -0.2) is 33.0 Å². The van der Waals surface area contributed by atoms with E-state index in [1.165, 1.54) is 6.07 Å². The molecule has 122 valence electrons. The Morgan fingerprint density at radius 2 is 1.55 bits per heavy atom. The average Bonchev–Trinajstić information content (AvgIpc) is 2.53. The van der Waals surface area contributed by atoms with Gasteiger partial charge in [0.25, 0.3) is 0 Å². The molecule has 0 unspecified atom stereocenters. The molecule has 1 heterocycles. The highest BCUT2D eigenvalue weighted by Gasteiger charge is 2.52. The lowest BCUT2D eigenvalue weighted by Gasteiger charge is -2.32. The third-order valence-corrected chi connectivity index (χ3v) is 4.51. The standard InChI is InChI=1S/C13H18BF2NO4S/c1-12(2)13(3,4)21-14(20-12)8-6-7-9(11(16)10(8)15)17-22(5,18)19/h6-7,17H,1-5H3. The second-order valence-corrected chi connectivity index (χ2v) is 8.04. The summed E-state index contributed by atoms with van der Waals surface area (Å²) in [6.07, 6.45) is 0.854. The first-order valence-electron chi connectivity index (χ1n) is 6.65. The first kappa shape index (κ1) is 17.2. The predicted molar refractivity (Wildman–Crippen MR) is 80.5 cm³/mol. The molecule has 1 aliphatic heterocycles. The number of hydrogen-bond donors (Lipinski definition) is 1. The molecule has 1 fully saturated rings. The number of anilines is 1. The molecule has 9 heteroatoms. The maximum atomic E-state index is 14.2. The van der Waals surface area contributed by atoms with Crippen LogP contribution < -0.4 is 10.2 Å². The van der Waals surface area contributed by atoms with Crippen LogP contribution in [0.2, 0.25) is 0 Å². The zero-order valence-electron chi connectivity index (χ0n) is 13.0. The Morgan fingerprint density at radius 3 is 2.00 bits per heavy atom. The van der Waals surface area contributed by atoms with Crippen molar-refractivity contribution in [2.75, 3.05) is 11.0 Å². The Hall–Kier alpha value is -1.19.